The van der Waals surface area contributed by atoms with E-state index in [0.29, 0.717) is 15.7 Å². The Balaban J connectivity index is 2.12. The molecule has 0 atom stereocenters. The largest absolute Gasteiger partial charge is 0.478 e. The first-order valence-corrected chi connectivity index (χ1v) is 6.83. The van der Waals surface area contributed by atoms with Gasteiger partial charge in [0.05, 0.1) is 5.56 Å². The predicted octanol–water partition coefficient (Wildman–Crippen LogP) is 4.47. The molecule has 0 fully saturated rings. The van der Waals surface area contributed by atoms with E-state index < -0.39 is 11.8 Å². The summed E-state index contributed by atoms with van der Waals surface area (Å²) in [6.45, 7) is 0. The highest BCUT2D eigenvalue weighted by Gasteiger charge is 2.09. The summed E-state index contributed by atoms with van der Waals surface area (Å²) in [6.07, 6.45) is 0. The summed E-state index contributed by atoms with van der Waals surface area (Å²) >= 11 is 7.03. The van der Waals surface area contributed by atoms with Gasteiger partial charge < -0.3 is 5.11 Å². The van der Waals surface area contributed by atoms with Crippen LogP contribution in [0.2, 0.25) is 5.02 Å². The van der Waals surface area contributed by atoms with Crippen molar-refractivity contribution < 1.29 is 14.3 Å². The number of carboxylic acids is 1. The Labute approximate surface area is 119 Å². The third-order valence-corrected chi connectivity index (χ3v) is 3.84. The lowest BCUT2D eigenvalue weighted by Gasteiger charge is -2.05. The fraction of sp³-hybridized carbons (Fsp3) is 0.0714. The molecule has 0 aromatic heterocycles. The smallest absolute Gasteiger partial charge is 0.335 e. The first-order valence-electron chi connectivity index (χ1n) is 5.46. The summed E-state index contributed by atoms with van der Waals surface area (Å²) < 4.78 is 13.6. The van der Waals surface area contributed by atoms with Crippen LogP contribution in [-0.2, 0) is 5.75 Å². The SMILES string of the molecule is O=C(O)c1ccc(F)c(SCc2ccc(Cl)cc2)c1. The molecule has 0 spiro atoms. The zero-order chi connectivity index (χ0) is 13.8. The molecule has 0 aliphatic rings. The lowest BCUT2D eigenvalue weighted by atomic mass is 10.2. The second-order valence-corrected chi connectivity index (χ2v) is 5.32. The zero-order valence-corrected chi connectivity index (χ0v) is 11.3. The molecule has 2 nitrogen and oxygen atoms in total. The van der Waals surface area contributed by atoms with Crippen molar-refractivity contribution in [3.63, 3.8) is 0 Å². The summed E-state index contributed by atoms with van der Waals surface area (Å²) in [7, 11) is 0. The number of hydrogen-bond donors (Lipinski definition) is 1. The number of hydrogen-bond acceptors (Lipinski definition) is 2. The van der Waals surface area contributed by atoms with E-state index in [1.807, 2.05) is 12.1 Å². The van der Waals surface area contributed by atoms with E-state index in [2.05, 4.69) is 0 Å². The van der Waals surface area contributed by atoms with Crippen LogP contribution in [0.3, 0.4) is 0 Å². The van der Waals surface area contributed by atoms with Crippen LogP contribution in [0.4, 0.5) is 4.39 Å². The van der Waals surface area contributed by atoms with Gasteiger partial charge in [0.25, 0.3) is 0 Å². The van der Waals surface area contributed by atoms with Crippen LogP contribution in [0.5, 0.6) is 0 Å². The molecule has 0 aliphatic heterocycles. The molecule has 2 aromatic rings. The molecule has 5 heteroatoms. The highest BCUT2D eigenvalue weighted by molar-refractivity contribution is 7.98. The average molecular weight is 297 g/mol. The lowest BCUT2D eigenvalue weighted by Crippen LogP contribution is -1.97. The Bertz CT molecular complexity index is 599. The number of aromatic carboxylic acids is 1. The molecule has 0 unspecified atom stereocenters. The van der Waals surface area contributed by atoms with Crippen molar-refractivity contribution in [2.24, 2.45) is 0 Å². The van der Waals surface area contributed by atoms with Crippen LogP contribution in [-0.4, -0.2) is 11.1 Å². The lowest BCUT2D eigenvalue weighted by molar-refractivity contribution is 0.0696. The average Bonchev–Trinajstić information content (AvgIpc) is 2.39. The Morgan fingerprint density at radius 2 is 1.89 bits per heavy atom. The minimum absolute atomic E-state index is 0.0833. The second-order valence-electron chi connectivity index (χ2n) is 3.87. The second kappa shape index (κ2) is 6.08. The number of benzene rings is 2. The monoisotopic (exact) mass is 296 g/mol. The van der Waals surface area contributed by atoms with E-state index in [-0.39, 0.29) is 5.56 Å². The van der Waals surface area contributed by atoms with E-state index in [0.717, 1.165) is 5.56 Å². The molecule has 19 heavy (non-hydrogen) atoms. The van der Waals surface area contributed by atoms with Gasteiger partial charge in [0, 0.05) is 15.7 Å². The first kappa shape index (κ1) is 13.9. The van der Waals surface area contributed by atoms with E-state index in [1.165, 1.54) is 30.0 Å². The fourth-order valence-corrected chi connectivity index (χ4v) is 2.55. The van der Waals surface area contributed by atoms with Crippen molar-refractivity contribution in [1.82, 2.24) is 0 Å². The molecule has 0 saturated heterocycles. The summed E-state index contributed by atoms with van der Waals surface area (Å²) in [5.74, 6) is -0.922. The van der Waals surface area contributed by atoms with Gasteiger partial charge in [-0.25, -0.2) is 9.18 Å². The molecular weight excluding hydrogens is 287 g/mol. The normalized spacial score (nSPS) is 10.4. The Kier molecular flexibility index (Phi) is 4.45. The van der Waals surface area contributed by atoms with Gasteiger partial charge >= 0.3 is 5.97 Å². The van der Waals surface area contributed by atoms with Gasteiger partial charge in [0.1, 0.15) is 5.82 Å². The standard InChI is InChI=1S/C14H10ClFO2S/c15-11-4-1-9(2-5-11)8-19-13-7-10(14(17)18)3-6-12(13)16/h1-7H,8H2,(H,17,18). The van der Waals surface area contributed by atoms with Crippen molar-refractivity contribution in [1.29, 1.82) is 0 Å². The van der Waals surface area contributed by atoms with Gasteiger partial charge in [-0.05, 0) is 35.9 Å². The molecule has 0 saturated carbocycles. The number of rotatable bonds is 4. The molecule has 0 heterocycles. The highest BCUT2D eigenvalue weighted by Crippen LogP contribution is 2.27. The third kappa shape index (κ3) is 3.72. The summed E-state index contributed by atoms with van der Waals surface area (Å²) in [4.78, 5) is 11.2. The number of halogens is 2. The topological polar surface area (TPSA) is 37.3 Å². The Morgan fingerprint density at radius 3 is 2.53 bits per heavy atom. The molecule has 0 aliphatic carbocycles. The third-order valence-electron chi connectivity index (χ3n) is 2.49. The Morgan fingerprint density at radius 1 is 1.21 bits per heavy atom. The van der Waals surface area contributed by atoms with Crippen molar-refractivity contribution >= 4 is 29.3 Å². The number of carboxylic acid groups (broad SMARTS) is 1. The number of carbonyl (C=O) groups is 1. The molecule has 2 rings (SSSR count). The van der Waals surface area contributed by atoms with E-state index in [1.54, 1.807) is 12.1 Å². The van der Waals surface area contributed by atoms with Crippen LogP contribution in [0, 0.1) is 5.82 Å². The van der Waals surface area contributed by atoms with E-state index in [4.69, 9.17) is 16.7 Å². The van der Waals surface area contributed by atoms with Gasteiger partial charge in [-0.15, -0.1) is 11.8 Å². The minimum atomic E-state index is -1.06. The maximum absolute atomic E-state index is 13.6. The van der Waals surface area contributed by atoms with Gasteiger partial charge in [0.2, 0.25) is 0 Å². The summed E-state index contributed by atoms with van der Waals surface area (Å²) in [5.41, 5.74) is 1.08. The molecule has 0 bridgehead atoms. The van der Waals surface area contributed by atoms with Crippen molar-refractivity contribution in [2.45, 2.75) is 10.6 Å². The Hall–Kier alpha value is -1.52. The van der Waals surface area contributed by atoms with Gasteiger partial charge in [0.15, 0.2) is 0 Å². The molecule has 0 amide bonds. The quantitative estimate of drug-likeness (QED) is 0.846. The van der Waals surface area contributed by atoms with Crippen LogP contribution in [0.15, 0.2) is 47.4 Å². The van der Waals surface area contributed by atoms with Crippen molar-refractivity contribution in [3.05, 3.63) is 64.4 Å². The van der Waals surface area contributed by atoms with Crippen molar-refractivity contribution in [2.75, 3.05) is 0 Å². The maximum Gasteiger partial charge on any atom is 0.335 e. The van der Waals surface area contributed by atoms with Crippen molar-refractivity contribution in [3.8, 4) is 0 Å². The highest BCUT2D eigenvalue weighted by atomic mass is 35.5. The minimum Gasteiger partial charge on any atom is -0.478 e. The maximum atomic E-state index is 13.6. The zero-order valence-electron chi connectivity index (χ0n) is 9.77. The molecular formula is C14H10ClFO2S. The number of thioether (sulfide) groups is 1. The van der Waals surface area contributed by atoms with Crippen LogP contribution < -0.4 is 0 Å². The van der Waals surface area contributed by atoms with Crippen LogP contribution >= 0.6 is 23.4 Å². The molecule has 98 valence electrons. The predicted molar refractivity (Wildman–Crippen MR) is 74.4 cm³/mol. The first-order chi connectivity index (χ1) is 9.06. The van der Waals surface area contributed by atoms with Gasteiger partial charge in [-0.1, -0.05) is 23.7 Å². The van der Waals surface area contributed by atoms with Crippen LogP contribution in [0.1, 0.15) is 15.9 Å². The van der Waals surface area contributed by atoms with E-state index in [9.17, 15) is 9.18 Å². The molecule has 0 radical (unpaired) electrons. The molecule has 2 aromatic carbocycles. The fourth-order valence-electron chi connectivity index (χ4n) is 1.49. The van der Waals surface area contributed by atoms with Gasteiger partial charge in [-0.3, -0.25) is 0 Å². The molecule has 1 N–H and O–H groups in total. The van der Waals surface area contributed by atoms with Crippen LogP contribution in [0.25, 0.3) is 0 Å². The summed E-state index contributed by atoms with van der Waals surface area (Å²) in [6, 6.07) is 11.0. The van der Waals surface area contributed by atoms with E-state index >= 15 is 0 Å². The summed E-state index contributed by atoms with van der Waals surface area (Å²) in [5, 5.41) is 9.52. The van der Waals surface area contributed by atoms with Gasteiger partial charge in [-0.2, -0.15) is 0 Å².